The molecule has 1 amide bonds. The molecule has 4 aliphatic carbocycles. The van der Waals surface area contributed by atoms with E-state index in [2.05, 4.69) is 34.3 Å². The fourth-order valence-electron chi connectivity index (χ4n) is 6.30. The normalized spacial score (nSPS) is 24.8. The monoisotopic (exact) mass is 491 g/mol. The highest BCUT2D eigenvalue weighted by Crippen LogP contribution is 2.63. The van der Waals surface area contributed by atoms with E-state index in [4.69, 9.17) is 4.98 Å². The van der Waals surface area contributed by atoms with Crippen LogP contribution in [0, 0.1) is 17.0 Å². The van der Waals surface area contributed by atoms with Crippen LogP contribution < -0.4 is 5.32 Å². The Bertz CT molecular complexity index is 1370. The Kier molecular flexibility index (Phi) is 5.02. The van der Waals surface area contributed by atoms with Crippen LogP contribution >= 0.6 is 0 Å². The maximum Gasteiger partial charge on any atom is 0.272 e. The number of halogens is 2. The summed E-state index contributed by atoms with van der Waals surface area (Å²) < 4.78 is 29.0. The number of rotatable bonds is 5. The third kappa shape index (κ3) is 3.28. The Morgan fingerprint density at radius 1 is 1.14 bits per heavy atom. The van der Waals surface area contributed by atoms with E-state index in [0.29, 0.717) is 5.69 Å². The van der Waals surface area contributed by atoms with Crippen molar-refractivity contribution in [2.24, 2.45) is 5.41 Å². The van der Waals surface area contributed by atoms with Gasteiger partial charge in [0.25, 0.3) is 5.91 Å². The lowest BCUT2D eigenvalue weighted by molar-refractivity contribution is 0.0796. The highest BCUT2D eigenvalue weighted by atomic mass is 19.1. The number of nitrogens with zero attached hydrogens (tertiary/aromatic N) is 4. The van der Waals surface area contributed by atoms with Crippen molar-refractivity contribution in [1.82, 2.24) is 25.5 Å². The second kappa shape index (κ2) is 7.83. The smallest absolute Gasteiger partial charge is 0.272 e. The zero-order valence-corrected chi connectivity index (χ0v) is 20.2. The molecule has 7 nitrogen and oxygen atoms in total. The van der Waals surface area contributed by atoms with Crippen molar-refractivity contribution in [2.45, 2.75) is 62.8 Å². The third-order valence-corrected chi connectivity index (χ3v) is 8.51. The van der Waals surface area contributed by atoms with Crippen LogP contribution in [0.1, 0.15) is 79.3 Å². The minimum absolute atomic E-state index is 0.113. The Morgan fingerprint density at radius 3 is 2.56 bits per heavy atom. The zero-order chi connectivity index (χ0) is 25.3. The van der Waals surface area contributed by atoms with Gasteiger partial charge in [0.1, 0.15) is 17.3 Å². The number of aliphatic hydroxyl groups excluding tert-OH is 1. The number of aliphatic hydroxyl groups is 1. The summed E-state index contributed by atoms with van der Waals surface area (Å²) >= 11 is 0. The van der Waals surface area contributed by atoms with E-state index in [-0.39, 0.29) is 40.8 Å². The molecule has 0 spiro atoms. The fraction of sp³-hybridized carbons (Fsp3) is 0.444. The molecular weight excluding hydrogens is 464 g/mol. The molecule has 0 unspecified atom stereocenters. The standard InChI is InChI=1S/C27H27F2N5O2/c1-25(2)11-15-6-7-27(25,21-13-30-12-20(31-21)24(36)32-26(14-35)8-9-26)23-16(15)10-19(33-34-23)22-17(28)4-3-5-18(22)29/h3-5,10,12-13,15,35H,6-9,11,14H2,1-2H3,(H,32,36)/t15-,27+/m1/s1. The number of amides is 1. The number of hydrogen-bond donors (Lipinski definition) is 2. The highest BCUT2D eigenvalue weighted by Gasteiger charge is 2.59. The fourth-order valence-corrected chi connectivity index (χ4v) is 6.30. The summed E-state index contributed by atoms with van der Waals surface area (Å²) in [6, 6.07) is 5.52. The van der Waals surface area contributed by atoms with Crippen LogP contribution in [0.5, 0.6) is 0 Å². The number of hydrogen-bond acceptors (Lipinski definition) is 6. The van der Waals surface area contributed by atoms with Crippen molar-refractivity contribution in [1.29, 1.82) is 0 Å². The quantitative estimate of drug-likeness (QED) is 0.558. The van der Waals surface area contributed by atoms with Gasteiger partial charge in [0.2, 0.25) is 0 Å². The first-order valence-corrected chi connectivity index (χ1v) is 12.3. The number of carbonyl (C=O) groups excluding carboxylic acids is 1. The lowest BCUT2D eigenvalue weighted by atomic mass is 9.47. The van der Waals surface area contributed by atoms with Gasteiger partial charge in [-0.25, -0.2) is 13.8 Å². The number of benzene rings is 1. The molecule has 0 radical (unpaired) electrons. The van der Waals surface area contributed by atoms with Crippen molar-refractivity contribution in [3.8, 4) is 11.3 Å². The van der Waals surface area contributed by atoms with Crippen molar-refractivity contribution in [3.63, 3.8) is 0 Å². The summed E-state index contributed by atoms with van der Waals surface area (Å²) in [5.41, 5.74) is 0.964. The van der Waals surface area contributed by atoms with E-state index in [1.54, 1.807) is 12.3 Å². The van der Waals surface area contributed by atoms with E-state index in [1.165, 1.54) is 24.4 Å². The molecule has 2 atom stereocenters. The first-order chi connectivity index (χ1) is 17.2. The molecule has 2 N–H and O–H groups in total. The molecule has 1 aromatic carbocycles. The topological polar surface area (TPSA) is 101 Å². The Labute approximate surface area is 207 Å². The van der Waals surface area contributed by atoms with Gasteiger partial charge in [-0.2, -0.15) is 5.10 Å². The van der Waals surface area contributed by atoms with E-state index >= 15 is 0 Å². The molecule has 3 aromatic rings. The molecule has 2 heterocycles. The minimum Gasteiger partial charge on any atom is -0.394 e. The zero-order valence-electron chi connectivity index (χ0n) is 20.2. The van der Waals surface area contributed by atoms with Crippen LogP contribution in [-0.2, 0) is 5.41 Å². The van der Waals surface area contributed by atoms with Crippen LogP contribution in [0.15, 0.2) is 36.7 Å². The molecule has 2 saturated carbocycles. The van der Waals surface area contributed by atoms with Gasteiger partial charge in [-0.15, -0.1) is 5.10 Å². The number of fused-ring (bicyclic) bond motifs is 2. The first kappa shape index (κ1) is 23.1. The van der Waals surface area contributed by atoms with Gasteiger partial charge in [0, 0.05) is 6.20 Å². The molecule has 186 valence electrons. The number of aromatic nitrogens is 4. The van der Waals surface area contributed by atoms with E-state index in [1.807, 2.05) is 0 Å². The van der Waals surface area contributed by atoms with Crippen LogP contribution in [0.25, 0.3) is 11.3 Å². The van der Waals surface area contributed by atoms with Gasteiger partial charge in [-0.1, -0.05) is 19.9 Å². The molecule has 0 aliphatic heterocycles. The van der Waals surface area contributed by atoms with Gasteiger partial charge in [0.15, 0.2) is 0 Å². The maximum absolute atomic E-state index is 14.5. The largest absolute Gasteiger partial charge is 0.394 e. The van der Waals surface area contributed by atoms with Crippen LogP contribution in [0.4, 0.5) is 8.78 Å². The lowest BCUT2D eigenvalue weighted by Crippen LogP contribution is -2.53. The second-order valence-electron chi connectivity index (χ2n) is 11.0. The van der Waals surface area contributed by atoms with E-state index < -0.39 is 22.6 Å². The van der Waals surface area contributed by atoms with E-state index in [0.717, 1.165) is 43.4 Å². The maximum atomic E-state index is 14.5. The average molecular weight is 492 g/mol. The molecule has 36 heavy (non-hydrogen) atoms. The molecule has 2 aromatic heterocycles. The molecule has 4 aliphatic rings. The SMILES string of the molecule is CC1(C)C[C@H]2CC[C@]1(c1cncc(C(=O)NC3(CO)CC3)n1)c1nnc(-c3c(F)cccc3F)cc12. The van der Waals surface area contributed by atoms with Crippen molar-refractivity contribution >= 4 is 5.91 Å². The summed E-state index contributed by atoms with van der Waals surface area (Å²) in [6.45, 7) is 4.21. The molecule has 0 saturated heterocycles. The van der Waals surface area contributed by atoms with Gasteiger partial charge in [-0.05, 0) is 67.2 Å². The van der Waals surface area contributed by atoms with Crippen LogP contribution in [0.2, 0.25) is 0 Å². The minimum atomic E-state index is -0.679. The Hall–Kier alpha value is -3.33. The summed E-state index contributed by atoms with van der Waals surface area (Å²) in [6.07, 6.45) is 7.01. The summed E-state index contributed by atoms with van der Waals surface area (Å²) in [4.78, 5) is 22.1. The lowest BCUT2D eigenvalue weighted by Gasteiger charge is -2.56. The molecule has 2 fully saturated rings. The Balaban J connectivity index is 1.46. The van der Waals surface area contributed by atoms with Gasteiger partial charge >= 0.3 is 0 Å². The number of carbonyl (C=O) groups is 1. The molecule has 2 bridgehead atoms. The predicted octanol–water partition coefficient (Wildman–Crippen LogP) is 4.06. The average Bonchev–Trinajstić information content (AvgIpc) is 3.63. The third-order valence-electron chi connectivity index (χ3n) is 8.51. The predicted molar refractivity (Wildman–Crippen MR) is 127 cm³/mol. The second-order valence-corrected chi connectivity index (χ2v) is 11.0. The first-order valence-electron chi connectivity index (χ1n) is 12.3. The Morgan fingerprint density at radius 2 is 1.89 bits per heavy atom. The summed E-state index contributed by atoms with van der Waals surface area (Å²) in [5, 5.41) is 21.3. The van der Waals surface area contributed by atoms with Gasteiger partial charge < -0.3 is 10.4 Å². The van der Waals surface area contributed by atoms with E-state index in [9.17, 15) is 18.7 Å². The molecular formula is C27H27F2N5O2. The van der Waals surface area contributed by atoms with Crippen LogP contribution in [0.3, 0.4) is 0 Å². The molecule has 7 rings (SSSR count). The van der Waals surface area contributed by atoms with Crippen molar-refractivity contribution < 1.29 is 18.7 Å². The van der Waals surface area contributed by atoms with Gasteiger partial charge in [0.05, 0.1) is 46.4 Å². The summed E-state index contributed by atoms with van der Waals surface area (Å²) in [7, 11) is 0. The van der Waals surface area contributed by atoms with Gasteiger partial charge in [-0.3, -0.25) is 9.78 Å². The molecule has 9 heteroatoms. The van der Waals surface area contributed by atoms with Crippen molar-refractivity contribution in [2.75, 3.05) is 6.61 Å². The van der Waals surface area contributed by atoms with Crippen molar-refractivity contribution in [3.05, 3.63) is 70.9 Å². The van der Waals surface area contributed by atoms with Crippen LogP contribution in [-0.4, -0.2) is 43.3 Å². The highest BCUT2D eigenvalue weighted by molar-refractivity contribution is 5.92. The number of nitrogens with one attached hydrogen (secondary N) is 1. The summed E-state index contributed by atoms with van der Waals surface area (Å²) in [5.74, 6) is -1.55.